The fourth-order valence-corrected chi connectivity index (χ4v) is 3.25. The normalized spacial score (nSPS) is 14.8. The van der Waals surface area contributed by atoms with Crippen LogP contribution in [0.3, 0.4) is 0 Å². The number of hydrogen-bond acceptors (Lipinski definition) is 2. The van der Waals surface area contributed by atoms with E-state index < -0.39 is 0 Å². The summed E-state index contributed by atoms with van der Waals surface area (Å²) in [6.07, 6.45) is 6.16. The van der Waals surface area contributed by atoms with Gasteiger partial charge in [0.1, 0.15) is 11.6 Å². The maximum atomic E-state index is 6.16. The van der Waals surface area contributed by atoms with Crippen LogP contribution in [-0.2, 0) is 0 Å². The highest BCUT2D eigenvalue weighted by Crippen LogP contribution is 2.29. The number of ether oxygens (including phenoxy) is 1. The second-order valence-corrected chi connectivity index (χ2v) is 6.54. The third-order valence-electron chi connectivity index (χ3n) is 4.35. The summed E-state index contributed by atoms with van der Waals surface area (Å²) in [4.78, 5) is 5.01. The molecule has 3 rings (SSSR count). The lowest BCUT2D eigenvalue weighted by atomic mass is 9.96. The van der Waals surface area contributed by atoms with Crippen LogP contribution in [0.25, 0.3) is 0 Å². The van der Waals surface area contributed by atoms with E-state index >= 15 is 0 Å². The predicted octanol–water partition coefficient (Wildman–Crippen LogP) is 5.14. The van der Waals surface area contributed by atoms with Crippen molar-refractivity contribution in [3.63, 3.8) is 0 Å². The smallest absolute Gasteiger partial charge is 0.142 e. The Morgan fingerprint density at radius 1 is 1.08 bits per heavy atom. The first-order valence-corrected chi connectivity index (χ1v) is 8.88. The minimum Gasteiger partial charge on any atom is -0.495 e. The first-order valence-electron chi connectivity index (χ1n) is 8.50. The molecule has 0 spiro atoms. The average molecular weight is 397 g/mol. The first kappa shape index (κ1) is 22.3. The van der Waals surface area contributed by atoms with Crippen molar-refractivity contribution in [2.45, 2.75) is 38.1 Å². The van der Waals surface area contributed by atoms with Crippen molar-refractivity contribution in [3.8, 4) is 5.75 Å². The molecule has 1 saturated carbocycles. The Morgan fingerprint density at radius 3 is 2.42 bits per heavy atom. The van der Waals surface area contributed by atoms with Crippen LogP contribution in [0.5, 0.6) is 5.75 Å². The summed E-state index contributed by atoms with van der Waals surface area (Å²) in [6, 6.07) is 16.2. The van der Waals surface area contributed by atoms with E-state index in [1.807, 2.05) is 36.4 Å². The topological polar surface area (TPSA) is 65.1 Å². The van der Waals surface area contributed by atoms with Gasteiger partial charge in [-0.05, 0) is 31.0 Å². The Balaban J connectivity index is 0.00000169. The molecule has 1 aliphatic carbocycles. The largest absolute Gasteiger partial charge is 0.495 e. The number of anilines is 1. The van der Waals surface area contributed by atoms with Gasteiger partial charge in [0.2, 0.25) is 0 Å². The van der Waals surface area contributed by atoms with Gasteiger partial charge in [0.15, 0.2) is 0 Å². The van der Waals surface area contributed by atoms with Crippen molar-refractivity contribution < 1.29 is 10.2 Å². The van der Waals surface area contributed by atoms with E-state index in [2.05, 4.69) is 17.4 Å². The van der Waals surface area contributed by atoms with Crippen LogP contribution in [0.1, 0.15) is 37.7 Å². The Hall–Kier alpha value is -1.75. The van der Waals surface area contributed by atoms with Crippen molar-refractivity contribution in [1.82, 2.24) is 0 Å². The molecule has 4 nitrogen and oxygen atoms in total. The van der Waals surface area contributed by atoms with Gasteiger partial charge < -0.3 is 15.5 Å². The Morgan fingerprint density at radius 2 is 1.77 bits per heavy atom. The summed E-state index contributed by atoms with van der Waals surface area (Å²) in [6.45, 7) is 0. The highest BCUT2D eigenvalue weighted by molar-refractivity contribution is 6.31. The van der Waals surface area contributed by atoms with Crippen LogP contribution < -0.4 is 10.1 Å². The van der Waals surface area contributed by atoms with Gasteiger partial charge in [0, 0.05) is 10.6 Å². The summed E-state index contributed by atoms with van der Waals surface area (Å²) in [5.74, 6) is 1.63. The van der Waals surface area contributed by atoms with E-state index in [9.17, 15) is 0 Å². The number of methoxy groups -OCH3 is 1. The fourth-order valence-electron chi connectivity index (χ4n) is 3.07. The van der Waals surface area contributed by atoms with Crippen molar-refractivity contribution in [3.05, 3.63) is 59.1 Å². The monoisotopic (exact) mass is 396 g/mol. The van der Waals surface area contributed by atoms with Crippen LogP contribution in [0.4, 0.5) is 5.69 Å². The number of aliphatic imine (C=N–C) groups is 1. The van der Waals surface area contributed by atoms with Crippen LogP contribution in [0, 0.1) is 0 Å². The molecule has 0 aromatic heterocycles. The number of amidine groups is 1. The zero-order chi connectivity index (χ0) is 16.8. The zero-order valence-corrected chi connectivity index (χ0v) is 16.4. The molecule has 1 fully saturated rings. The number of nitrogens with one attached hydrogen (secondary N) is 1. The lowest BCUT2D eigenvalue weighted by molar-refractivity contribution is 0.417. The standard InChI is InChI=1S/C20H23ClN2O.ClH.H2O/c1-24-19-13-12-16(21)14-18(19)23-20(15-8-4-2-5-9-15)22-17-10-6-3-7-11-17;;/h2,4-5,8-9,12-14,17H,3,6-7,10-11H2,1H3,(H,22,23);1H;1H2. The second-order valence-electron chi connectivity index (χ2n) is 6.11. The van der Waals surface area contributed by atoms with Gasteiger partial charge in [-0.2, -0.15) is 0 Å². The third-order valence-corrected chi connectivity index (χ3v) is 4.58. The van der Waals surface area contributed by atoms with Gasteiger partial charge in [-0.3, -0.25) is 4.99 Å². The SMILES string of the molecule is COc1ccc(Cl)cc1NC(=NC1CCCCC1)c1ccccc1.Cl.O. The molecule has 0 radical (unpaired) electrons. The number of halogens is 2. The van der Waals surface area contributed by atoms with E-state index in [4.69, 9.17) is 21.3 Å². The second kappa shape index (κ2) is 11.1. The molecule has 3 N–H and O–H groups in total. The maximum Gasteiger partial charge on any atom is 0.142 e. The van der Waals surface area contributed by atoms with Gasteiger partial charge >= 0.3 is 0 Å². The highest BCUT2D eigenvalue weighted by atomic mass is 35.5. The van der Waals surface area contributed by atoms with E-state index in [0.29, 0.717) is 11.1 Å². The summed E-state index contributed by atoms with van der Waals surface area (Å²) in [5.41, 5.74) is 1.91. The molecular formula is C20H26Cl2N2O2. The number of hydrogen-bond donors (Lipinski definition) is 1. The summed E-state index contributed by atoms with van der Waals surface area (Å²) in [5, 5.41) is 4.11. The highest BCUT2D eigenvalue weighted by Gasteiger charge is 2.15. The predicted molar refractivity (Wildman–Crippen MR) is 112 cm³/mol. The molecule has 2 aromatic rings. The molecule has 2 aromatic carbocycles. The van der Waals surface area contributed by atoms with Gasteiger partial charge in [-0.25, -0.2) is 0 Å². The summed E-state index contributed by atoms with van der Waals surface area (Å²) >= 11 is 6.16. The summed E-state index contributed by atoms with van der Waals surface area (Å²) < 4.78 is 5.45. The van der Waals surface area contributed by atoms with Gasteiger partial charge in [0.05, 0.1) is 18.8 Å². The molecule has 0 unspecified atom stereocenters. The quantitative estimate of drug-likeness (QED) is 0.574. The van der Waals surface area contributed by atoms with Crippen molar-refractivity contribution >= 4 is 35.5 Å². The average Bonchev–Trinajstić information content (AvgIpc) is 2.63. The molecule has 1 aliphatic rings. The van der Waals surface area contributed by atoms with Gasteiger partial charge in [-0.1, -0.05) is 61.2 Å². The number of rotatable bonds is 4. The molecule has 0 aliphatic heterocycles. The summed E-state index contributed by atoms with van der Waals surface area (Å²) in [7, 11) is 1.66. The molecule has 0 amide bonds. The Labute approximate surface area is 166 Å². The van der Waals surface area contributed by atoms with Crippen LogP contribution in [0.2, 0.25) is 5.02 Å². The van der Waals surface area contributed by atoms with Gasteiger partial charge in [0.25, 0.3) is 0 Å². The van der Waals surface area contributed by atoms with Crippen molar-refractivity contribution in [2.24, 2.45) is 4.99 Å². The van der Waals surface area contributed by atoms with Crippen LogP contribution in [0.15, 0.2) is 53.5 Å². The van der Waals surface area contributed by atoms with E-state index in [0.717, 1.165) is 35.7 Å². The molecule has 6 heteroatoms. The zero-order valence-electron chi connectivity index (χ0n) is 14.9. The minimum absolute atomic E-state index is 0. The lowest BCUT2D eigenvalue weighted by Crippen LogP contribution is -2.20. The molecule has 0 heterocycles. The molecule has 26 heavy (non-hydrogen) atoms. The maximum absolute atomic E-state index is 6.16. The van der Waals surface area contributed by atoms with Crippen molar-refractivity contribution in [2.75, 3.05) is 12.4 Å². The fraction of sp³-hybridized carbons (Fsp3) is 0.350. The lowest BCUT2D eigenvalue weighted by Gasteiger charge is -2.21. The molecule has 0 bridgehead atoms. The Bertz CT molecular complexity index is 702. The third kappa shape index (κ3) is 5.90. The molecule has 0 atom stereocenters. The van der Waals surface area contributed by atoms with Crippen LogP contribution in [-0.4, -0.2) is 24.5 Å². The molecule has 0 saturated heterocycles. The van der Waals surface area contributed by atoms with E-state index in [1.165, 1.54) is 19.3 Å². The molecular weight excluding hydrogens is 371 g/mol. The number of nitrogens with zero attached hydrogens (tertiary/aromatic N) is 1. The van der Waals surface area contributed by atoms with E-state index in [-0.39, 0.29) is 17.9 Å². The first-order chi connectivity index (χ1) is 11.8. The minimum atomic E-state index is 0. The van der Waals surface area contributed by atoms with Gasteiger partial charge in [-0.15, -0.1) is 12.4 Å². The number of benzene rings is 2. The van der Waals surface area contributed by atoms with Crippen molar-refractivity contribution in [1.29, 1.82) is 0 Å². The van der Waals surface area contributed by atoms with E-state index in [1.54, 1.807) is 7.11 Å². The Kier molecular flexibility index (Phi) is 9.49. The molecule has 142 valence electrons. The van der Waals surface area contributed by atoms with Crippen LogP contribution >= 0.6 is 24.0 Å².